The van der Waals surface area contributed by atoms with Crippen molar-refractivity contribution in [3.05, 3.63) is 35.4 Å². The average Bonchev–Trinajstić information content (AvgIpc) is 3.87. The minimum atomic E-state index is -0.955. The molecule has 17 nitrogen and oxygen atoms in total. The maximum atomic E-state index is 12.5. The molecule has 2 aromatic rings. The number of benzene rings is 2. The molecule has 17 heteroatoms. The second-order valence-electron chi connectivity index (χ2n) is 18.8. The zero-order valence-corrected chi connectivity index (χ0v) is 48.0. The Labute approximate surface area is 464 Å². The van der Waals surface area contributed by atoms with Gasteiger partial charge in [0.25, 0.3) is 5.91 Å². The van der Waals surface area contributed by atoms with Gasteiger partial charge < -0.3 is 64.3 Å². The van der Waals surface area contributed by atoms with Crippen LogP contribution in [0.1, 0.15) is 242 Å². The normalized spacial score (nSPS) is 11.8. The highest BCUT2D eigenvalue weighted by molar-refractivity contribution is 5.92. The number of carbonyl (C=O) groups excluding carboxylic acids is 4. The number of unbranched alkanes of at least 4 members (excludes halogenated alkanes) is 25. The molecule has 0 fully saturated rings. The van der Waals surface area contributed by atoms with E-state index in [1.54, 1.807) is 0 Å². The zero-order chi connectivity index (χ0) is 56.4. The summed E-state index contributed by atoms with van der Waals surface area (Å²) in [6, 6.07) is 5.41. The van der Waals surface area contributed by atoms with E-state index in [-0.39, 0.29) is 60.7 Å². The van der Waals surface area contributed by atoms with Crippen LogP contribution < -0.4 is 30.0 Å². The van der Waals surface area contributed by atoms with Gasteiger partial charge in [-0.3, -0.25) is 4.79 Å². The van der Waals surface area contributed by atoms with E-state index < -0.39 is 35.9 Å². The lowest BCUT2D eigenvalue weighted by atomic mass is 10.1. The molecule has 1 unspecified atom stereocenters. The number of fused-ring (bicyclic) bond motifs is 1. The zero-order valence-electron chi connectivity index (χ0n) is 48.0. The quantitative estimate of drug-likeness (QED) is 0.0180. The highest BCUT2D eigenvalue weighted by Crippen LogP contribution is 2.44. The SMILES string of the molecule is C.CCCCCCCCCCCCOC(=O)c1cc(O)c(O)c(OCC(=O)NCCCCCCCCCC)c1.CCCCCCCCCCCCOC(=O)c1cc(OCC(=O)OC)c2c(c1)OC(OC)O2.CCCN.CO. The number of nitrogens with one attached hydrogen (secondary N) is 1. The fraction of sp³-hybridized carbons (Fsp3) is 0.733. The van der Waals surface area contributed by atoms with Crippen LogP contribution in [0.2, 0.25) is 0 Å². The van der Waals surface area contributed by atoms with Crippen LogP contribution in [-0.2, 0) is 28.5 Å². The molecule has 3 rings (SSSR count). The summed E-state index contributed by atoms with van der Waals surface area (Å²) in [5, 5.41) is 29.9. The largest absolute Gasteiger partial charge is 0.504 e. The number of aliphatic hydroxyl groups excluding tert-OH is 1. The maximum absolute atomic E-state index is 12.5. The molecule has 77 heavy (non-hydrogen) atoms. The van der Waals surface area contributed by atoms with Crippen molar-refractivity contribution in [1.82, 2.24) is 5.32 Å². The Kier molecular flexibility index (Phi) is 49.8. The van der Waals surface area contributed by atoms with Gasteiger partial charge in [-0.1, -0.05) is 196 Å². The van der Waals surface area contributed by atoms with Gasteiger partial charge in [0.2, 0.25) is 11.5 Å². The molecule has 0 aliphatic carbocycles. The molecular formula is C60H106N2O15. The standard InChI is InChI=1S/C31H53NO6.C24H36O8.C3H9N.CH4O.CH4/c1-3-5-7-9-11-13-14-16-18-20-22-37-31(36)26-23-27(33)30(35)28(24-26)38-25-29(34)32-21-19-17-15-12-10-8-6-4-2;1-4-5-6-7-8-9-10-11-12-13-14-29-23(26)18-15-19(30-17-21(25)27-2)22-20(16-18)31-24(28-3)32-22;1-2-3-4;1-2;/h23-24,33,35H,3-22,25H2,1-2H3,(H,32,34);15-16,24H,4-14,17H2,1-3H3;2-4H2,1H3;2H,1H3;1H4. The van der Waals surface area contributed by atoms with E-state index in [1.807, 2.05) is 0 Å². The second-order valence-corrected chi connectivity index (χ2v) is 18.8. The lowest BCUT2D eigenvalue weighted by Crippen LogP contribution is -2.29. The predicted octanol–water partition coefficient (Wildman–Crippen LogP) is 13.4. The summed E-state index contributed by atoms with van der Waals surface area (Å²) in [6.07, 6.45) is 34.6. The van der Waals surface area contributed by atoms with E-state index in [0.29, 0.717) is 19.8 Å². The molecule has 0 aromatic heterocycles. The number of esters is 3. The molecule has 0 spiro atoms. The molecule has 0 saturated heterocycles. The average molecular weight is 1100 g/mol. The molecule has 1 aliphatic heterocycles. The summed E-state index contributed by atoms with van der Waals surface area (Å²) in [6.45, 7) is 9.15. The Morgan fingerprint density at radius 2 is 0.948 bits per heavy atom. The molecule has 0 radical (unpaired) electrons. The number of hydrogen-bond acceptors (Lipinski definition) is 16. The van der Waals surface area contributed by atoms with Crippen LogP contribution in [0.5, 0.6) is 34.5 Å². The number of carbonyl (C=O) groups is 4. The number of phenols is 2. The Bertz CT molecular complexity index is 1780. The summed E-state index contributed by atoms with van der Waals surface area (Å²) < 4.78 is 42.1. The minimum absolute atomic E-state index is 0. The first-order valence-electron chi connectivity index (χ1n) is 28.7. The van der Waals surface area contributed by atoms with Crippen molar-refractivity contribution in [2.24, 2.45) is 5.73 Å². The maximum Gasteiger partial charge on any atom is 0.361 e. The van der Waals surface area contributed by atoms with Gasteiger partial charge in [0.05, 0.1) is 31.5 Å². The van der Waals surface area contributed by atoms with E-state index in [0.717, 1.165) is 77.5 Å². The molecule has 1 aliphatic rings. The number of aliphatic hydroxyl groups is 1. The van der Waals surface area contributed by atoms with Gasteiger partial charge >= 0.3 is 24.4 Å². The molecule has 1 atom stereocenters. The van der Waals surface area contributed by atoms with E-state index in [2.05, 4.69) is 37.7 Å². The Morgan fingerprint density at radius 3 is 1.38 bits per heavy atom. The number of methoxy groups -OCH3 is 2. The molecule has 6 N–H and O–H groups in total. The number of aromatic hydroxyl groups is 2. The number of phenolic OH excluding ortho intramolecular Hbond substituents is 2. The topological polar surface area (TPSA) is 241 Å². The van der Waals surface area contributed by atoms with Gasteiger partial charge in [-0.15, -0.1) is 0 Å². The summed E-state index contributed by atoms with van der Waals surface area (Å²) in [7, 11) is 3.69. The number of ether oxygens (including phenoxy) is 8. The molecule has 0 bridgehead atoms. The third-order valence-electron chi connectivity index (χ3n) is 12.2. The van der Waals surface area contributed by atoms with Crippen LogP contribution in [0.4, 0.5) is 0 Å². The fourth-order valence-corrected chi connectivity index (χ4v) is 7.70. The molecule has 1 heterocycles. The molecule has 446 valence electrons. The second kappa shape index (κ2) is 51.7. The van der Waals surface area contributed by atoms with Crippen molar-refractivity contribution in [3.8, 4) is 34.5 Å². The van der Waals surface area contributed by atoms with Gasteiger partial charge in [-0.05, 0) is 56.5 Å². The Balaban J connectivity index is 0. The highest BCUT2D eigenvalue weighted by Gasteiger charge is 2.30. The van der Waals surface area contributed by atoms with Gasteiger partial charge in [0, 0.05) is 20.8 Å². The van der Waals surface area contributed by atoms with Crippen molar-refractivity contribution >= 4 is 23.8 Å². The Morgan fingerprint density at radius 1 is 0.545 bits per heavy atom. The van der Waals surface area contributed by atoms with Gasteiger partial charge in [-0.25, -0.2) is 14.4 Å². The molecular weight excluding hydrogens is 989 g/mol. The van der Waals surface area contributed by atoms with Gasteiger partial charge in [0.15, 0.2) is 36.2 Å². The van der Waals surface area contributed by atoms with Crippen molar-refractivity contribution in [2.45, 2.75) is 228 Å². The molecule has 0 saturated carbocycles. The smallest absolute Gasteiger partial charge is 0.361 e. The molecule has 2 aromatic carbocycles. The van der Waals surface area contributed by atoms with Crippen LogP contribution in [0, 0.1) is 0 Å². The highest BCUT2D eigenvalue weighted by atomic mass is 16.9. The van der Waals surface area contributed by atoms with Crippen LogP contribution in [-0.4, -0.2) is 106 Å². The van der Waals surface area contributed by atoms with Crippen molar-refractivity contribution < 1.29 is 72.4 Å². The van der Waals surface area contributed by atoms with Gasteiger partial charge in [-0.2, -0.15) is 0 Å². The van der Waals surface area contributed by atoms with Crippen molar-refractivity contribution in [1.29, 1.82) is 0 Å². The first-order valence-corrected chi connectivity index (χ1v) is 28.7. The molecule has 1 amide bonds. The lowest BCUT2D eigenvalue weighted by Gasteiger charge is -2.12. The van der Waals surface area contributed by atoms with E-state index >= 15 is 0 Å². The van der Waals surface area contributed by atoms with Crippen molar-refractivity contribution in [3.63, 3.8) is 0 Å². The van der Waals surface area contributed by atoms with Crippen LogP contribution in [0.25, 0.3) is 0 Å². The monoisotopic (exact) mass is 1090 g/mol. The van der Waals surface area contributed by atoms with Crippen LogP contribution in [0.3, 0.4) is 0 Å². The third-order valence-corrected chi connectivity index (χ3v) is 12.2. The number of hydrogen-bond donors (Lipinski definition) is 5. The summed E-state index contributed by atoms with van der Waals surface area (Å²) in [4.78, 5) is 48.4. The first kappa shape index (κ1) is 74.1. The number of rotatable bonds is 41. The fourth-order valence-electron chi connectivity index (χ4n) is 7.70. The minimum Gasteiger partial charge on any atom is -0.504 e. The number of nitrogens with two attached hydrogens (primary N) is 1. The summed E-state index contributed by atoms with van der Waals surface area (Å²) >= 11 is 0. The van der Waals surface area contributed by atoms with E-state index in [4.69, 9.17) is 44.0 Å². The Hall–Kier alpha value is -5.00. The third kappa shape index (κ3) is 37.5. The first-order chi connectivity index (χ1) is 37.0. The predicted molar refractivity (Wildman–Crippen MR) is 305 cm³/mol. The van der Waals surface area contributed by atoms with Gasteiger partial charge in [0.1, 0.15) is 0 Å². The summed E-state index contributed by atoms with van der Waals surface area (Å²) in [5.41, 5.74) is 5.35. The lowest BCUT2D eigenvalue weighted by molar-refractivity contribution is -0.158. The van der Waals surface area contributed by atoms with Crippen LogP contribution >= 0.6 is 0 Å². The van der Waals surface area contributed by atoms with Crippen LogP contribution in [0.15, 0.2) is 24.3 Å². The number of amides is 1. The van der Waals surface area contributed by atoms with E-state index in [9.17, 15) is 29.4 Å². The van der Waals surface area contributed by atoms with E-state index in [1.165, 1.54) is 161 Å². The van der Waals surface area contributed by atoms with Crippen molar-refractivity contribution in [2.75, 3.05) is 60.8 Å². The summed E-state index contributed by atoms with van der Waals surface area (Å²) in [5.74, 6) is -2.37.